The van der Waals surface area contributed by atoms with Gasteiger partial charge in [-0.1, -0.05) is 56.3 Å². The summed E-state index contributed by atoms with van der Waals surface area (Å²) in [4.78, 5) is 4.17. The third-order valence-corrected chi connectivity index (χ3v) is 3.45. The SMILES string of the molecule is CC(C)C(O)(c1ccccc1)c1ccc(OO)cc1. The number of benzene rings is 2. The molecule has 1 atom stereocenters. The Morgan fingerprint density at radius 2 is 1.42 bits per heavy atom. The van der Waals surface area contributed by atoms with Gasteiger partial charge in [0.15, 0.2) is 5.75 Å². The molecule has 1 unspecified atom stereocenters. The van der Waals surface area contributed by atoms with Gasteiger partial charge >= 0.3 is 0 Å². The molecule has 0 heterocycles. The molecule has 0 aromatic heterocycles. The lowest BCUT2D eigenvalue weighted by molar-refractivity contribution is -0.137. The molecular formula is C16H18O3. The van der Waals surface area contributed by atoms with E-state index in [0.717, 1.165) is 11.1 Å². The number of aliphatic hydroxyl groups is 1. The molecule has 3 nitrogen and oxygen atoms in total. The quantitative estimate of drug-likeness (QED) is 0.652. The van der Waals surface area contributed by atoms with E-state index in [1.165, 1.54) is 0 Å². The van der Waals surface area contributed by atoms with Crippen LogP contribution in [0.1, 0.15) is 25.0 Å². The maximum Gasteiger partial charge on any atom is 0.165 e. The van der Waals surface area contributed by atoms with E-state index in [1.807, 2.05) is 44.2 Å². The van der Waals surface area contributed by atoms with Crippen molar-refractivity contribution in [3.8, 4) is 5.75 Å². The van der Waals surface area contributed by atoms with E-state index in [9.17, 15) is 5.11 Å². The maximum absolute atomic E-state index is 11.1. The van der Waals surface area contributed by atoms with Crippen LogP contribution in [0.25, 0.3) is 0 Å². The first-order valence-corrected chi connectivity index (χ1v) is 6.29. The van der Waals surface area contributed by atoms with Crippen molar-refractivity contribution >= 4 is 0 Å². The number of hydrogen-bond acceptors (Lipinski definition) is 3. The van der Waals surface area contributed by atoms with Crippen LogP contribution in [-0.4, -0.2) is 10.4 Å². The van der Waals surface area contributed by atoms with Crippen LogP contribution in [0.3, 0.4) is 0 Å². The predicted molar refractivity (Wildman–Crippen MR) is 74.0 cm³/mol. The van der Waals surface area contributed by atoms with Crippen molar-refractivity contribution < 1.29 is 15.3 Å². The molecule has 0 saturated heterocycles. The van der Waals surface area contributed by atoms with Crippen LogP contribution in [0.5, 0.6) is 5.75 Å². The van der Waals surface area contributed by atoms with Gasteiger partial charge in [0, 0.05) is 0 Å². The summed E-state index contributed by atoms with van der Waals surface area (Å²) in [5, 5.41) is 19.7. The Kier molecular flexibility index (Phi) is 3.88. The summed E-state index contributed by atoms with van der Waals surface area (Å²) in [5.41, 5.74) is 0.562. The molecule has 0 aliphatic rings. The molecule has 3 heteroatoms. The van der Waals surface area contributed by atoms with Crippen LogP contribution in [0.4, 0.5) is 0 Å². The summed E-state index contributed by atoms with van der Waals surface area (Å²) in [5.74, 6) is 0.360. The third kappa shape index (κ3) is 2.48. The molecule has 2 aromatic carbocycles. The Hall–Kier alpha value is -1.84. The van der Waals surface area contributed by atoms with Crippen LogP contribution in [0, 0.1) is 5.92 Å². The Balaban J connectivity index is 2.50. The lowest BCUT2D eigenvalue weighted by Gasteiger charge is -2.33. The van der Waals surface area contributed by atoms with Gasteiger partial charge < -0.3 is 9.99 Å². The first kappa shape index (κ1) is 13.6. The largest absolute Gasteiger partial charge is 0.380 e. The smallest absolute Gasteiger partial charge is 0.165 e. The summed E-state index contributed by atoms with van der Waals surface area (Å²) in [6, 6.07) is 16.4. The Morgan fingerprint density at radius 1 is 0.895 bits per heavy atom. The lowest BCUT2D eigenvalue weighted by Crippen LogP contribution is -2.33. The average Bonchev–Trinajstić information content (AvgIpc) is 2.47. The molecule has 0 bridgehead atoms. The van der Waals surface area contributed by atoms with Crippen LogP contribution >= 0.6 is 0 Å². The van der Waals surface area contributed by atoms with Crippen molar-refractivity contribution in [1.82, 2.24) is 0 Å². The van der Waals surface area contributed by atoms with E-state index >= 15 is 0 Å². The van der Waals surface area contributed by atoms with Crippen LogP contribution in [0.15, 0.2) is 54.6 Å². The van der Waals surface area contributed by atoms with E-state index in [0.29, 0.717) is 5.75 Å². The molecule has 2 N–H and O–H groups in total. The number of rotatable bonds is 4. The highest BCUT2D eigenvalue weighted by Gasteiger charge is 2.34. The van der Waals surface area contributed by atoms with Gasteiger partial charge in [0.05, 0.1) is 0 Å². The zero-order valence-electron chi connectivity index (χ0n) is 11.1. The molecule has 0 spiro atoms. The molecule has 0 amide bonds. The zero-order chi connectivity index (χ0) is 13.9. The van der Waals surface area contributed by atoms with Crippen molar-refractivity contribution in [2.75, 3.05) is 0 Å². The minimum atomic E-state index is -1.06. The van der Waals surface area contributed by atoms with Crippen LogP contribution < -0.4 is 4.89 Å². The standard InChI is InChI=1S/C16H18O3/c1-12(2)16(17,13-6-4-3-5-7-13)14-8-10-15(19-18)11-9-14/h3-12,17-18H,1-2H3. The zero-order valence-corrected chi connectivity index (χ0v) is 11.1. The molecule has 19 heavy (non-hydrogen) atoms. The van der Waals surface area contributed by atoms with Gasteiger partial charge in [0.1, 0.15) is 5.60 Å². The van der Waals surface area contributed by atoms with Gasteiger partial charge in [0.25, 0.3) is 0 Å². The molecule has 100 valence electrons. The Morgan fingerprint density at radius 3 is 1.89 bits per heavy atom. The van der Waals surface area contributed by atoms with Gasteiger partial charge in [-0.3, -0.25) is 0 Å². The summed E-state index contributed by atoms with van der Waals surface area (Å²) in [6.45, 7) is 3.95. The fraction of sp³-hybridized carbons (Fsp3) is 0.250. The second-order valence-corrected chi connectivity index (χ2v) is 4.90. The highest BCUT2D eigenvalue weighted by Crippen LogP contribution is 2.37. The van der Waals surface area contributed by atoms with Gasteiger partial charge in [0.2, 0.25) is 0 Å². The first-order valence-electron chi connectivity index (χ1n) is 6.29. The minimum absolute atomic E-state index is 0.01000. The maximum atomic E-state index is 11.1. The molecule has 0 radical (unpaired) electrons. The molecule has 0 aliphatic heterocycles. The summed E-state index contributed by atoms with van der Waals surface area (Å²) in [7, 11) is 0. The molecular weight excluding hydrogens is 240 g/mol. The number of hydrogen-bond donors (Lipinski definition) is 2. The van der Waals surface area contributed by atoms with Gasteiger partial charge in [-0.2, -0.15) is 0 Å². The normalized spacial score (nSPS) is 14.2. The van der Waals surface area contributed by atoms with E-state index in [4.69, 9.17) is 5.26 Å². The van der Waals surface area contributed by atoms with E-state index in [1.54, 1.807) is 24.3 Å². The van der Waals surface area contributed by atoms with E-state index < -0.39 is 5.60 Å². The van der Waals surface area contributed by atoms with E-state index in [2.05, 4.69) is 4.89 Å². The van der Waals surface area contributed by atoms with Crippen molar-refractivity contribution in [3.05, 3.63) is 65.7 Å². The lowest BCUT2D eigenvalue weighted by atomic mass is 9.78. The van der Waals surface area contributed by atoms with E-state index in [-0.39, 0.29) is 5.92 Å². The Labute approximate surface area is 113 Å². The van der Waals surface area contributed by atoms with Crippen molar-refractivity contribution in [2.45, 2.75) is 19.4 Å². The summed E-state index contributed by atoms with van der Waals surface area (Å²) < 4.78 is 0. The molecule has 0 saturated carbocycles. The second-order valence-electron chi connectivity index (χ2n) is 4.90. The summed E-state index contributed by atoms with van der Waals surface area (Å²) >= 11 is 0. The van der Waals surface area contributed by atoms with Crippen molar-refractivity contribution in [3.63, 3.8) is 0 Å². The summed E-state index contributed by atoms with van der Waals surface area (Å²) in [6.07, 6.45) is 0. The van der Waals surface area contributed by atoms with Crippen LogP contribution in [0.2, 0.25) is 0 Å². The van der Waals surface area contributed by atoms with Gasteiger partial charge in [-0.25, -0.2) is 5.26 Å². The average molecular weight is 258 g/mol. The fourth-order valence-electron chi connectivity index (χ4n) is 2.30. The van der Waals surface area contributed by atoms with Crippen molar-refractivity contribution in [2.24, 2.45) is 5.92 Å². The topological polar surface area (TPSA) is 49.7 Å². The molecule has 0 fully saturated rings. The highest BCUT2D eigenvalue weighted by molar-refractivity contribution is 5.39. The van der Waals surface area contributed by atoms with Crippen LogP contribution in [-0.2, 0) is 5.60 Å². The fourth-order valence-corrected chi connectivity index (χ4v) is 2.30. The second kappa shape index (κ2) is 5.43. The van der Waals surface area contributed by atoms with Crippen molar-refractivity contribution in [1.29, 1.82) is 0 Å². The highest BCUT2D eigenvalue weighted by atomic mass is 17.1. The monoisotopic (exact) mass is 258 g/mol. The molecule has 2 aromatic rings. The predicted octanol–water partition coefficient (Wildman–Crippen LogP) is 3.43. The minimum Gasteiger partial charge on any atom is -0.380 e. The molecule has 2 rings (SSSR count). The molecule has 0 aliphatic carbocycles. The third-order valence-electron chi connectivity index (χ3n) is 3.45. The Bertz CT molecular complexity index is 519. The van der Waals surface area contributed by atoms with Gasteiger partial charge in [-0.05, 0) is 29.2 Å². The first-order chi connectivity index (χ1) is 9.09. The van der Waals surface area contributed by atoms with Gasteiger partial charge in [-0.15, -0.1) is 0 Å².